The lowest BCUT2D eigenvalue weighted by molar-refractivity contribution is -0.131. The van der Waals surface area contributed by atoms with E-state index in [1.807, 2.05) is 0 Å². The molecule has 0 aromatic heterocycles. The molecule has 0 spiro atoms. The summed E-state index contributed by atoms with van der Waals surface area (Å²) in [7, 11) is 0. The Kier molecular flexibility index (Phi) is 4.88. The van der Waals surface area contributed by atoms with Gasteiger partial charge < -0.3 is 10.6 Å². The van der Waals surface area contributed by atoms with E-state index in [4.69, 9.17) is 0 Å². The van der Waals surface area contributed by atoms with Crippen LogP contribution in [0.4, 0.5) is 0 Å². The van der Waals surface area contributed by atoms with Crippen LogP contribution in [0.5, 0.6) is 0 Å². The van der Waals surface area contributed by atoms with Crippen molar-refractivity contribution < 1.29 is 9.59 Å². The topological polar surface area (TPSA) is 58.2 Å². The molecule has 0 saturated heterocycles. The molecule has 2 rings (SSSR count). The minimum atomic E-state index is -0.158. The molecule has 0 unspecified atom stereocenters. The van der Waals surface area contributed by atoms with E-state index in [-0.39, 0.29) is 34.7 Å². The minimum absolute atomic E-state index is 0.111. The fraction of sp³-hybridized carbons (Fsp3) is 0.889. The summed E-state index contributed by atoms with van der Waals surface area (Å²) in [6, 6.07) is 0. The number of amides is 2. The summed E-state index contributed by atoms with van der Waals surface area (Å²) in [6.07, 6.45) is 5.89. The van der Waals surface area contributed by atoms with E-state index in [0.717, 1.165) is 38.5 Å². The molecule has 126 valence electrons. The first-order chi connectivity index (χ1) is 10.1. The number of rotatable bonds is 7. The first-order valence-corrected chi connectivity index (χ1v) is 8.76. The van der Waals surface area contributed by atoms with Crippen molar-refractivity contribution in [3.8, 4) is 0 Å². The molecule has 0 aromatic carbocycles. The first kappa shape index (κ1) is 17.3. The lowest BCUT2D eigenvalue weighted by atomic mass is 9.69. The molecule has 0 radical (unpaired) electrons. The molecule has 0 aliphatic heterocycles. The zero-order valence-corrected chi connectivity index (χ0v) is 14.8. The first-order valence-electron chi connectivity index (χ1n) is 8.76. The van der Waals surface area contributed by atoms with Crippen LogP contribution in [0, 0.1) is 17.8 Å². The third-order valence-corrected chi connectivity index (χ3v) is 5.16. The molecule has 4 heteroatoms. The SMILES string of the molecule is CCC(C)(C)NC(=O)C1CC(CC(C)(C)NC(=O)C2CC2)C1. The molecule has 2 saturated carbocycles. The summed E-state index contributed by atoms with van der Waals surface area (Å²) in [5.74, 6) is 1.38. The summed E-state index contributed by atoms with van der Waals surface area (Å²) in [6.45, 7) is 10.4. The fourth-order valence-electron chi connectivity index (χ4n) is 3.19. The zero-order valence-electron chi connectivity index (χ0n) is 14.8. The number of carbonyl (C=O) groups is 2. The molecule has 2 amide bonds. The molecule has 4 nitrogen and oxygen atoms in total. The lowest BCUT2D eigenvalue weighted by Gasteiger charge is -2.40. The standard InChI is InChI=1S/C18H32N2O2/c1-6-17(2,3)19-16(22)14-9-12(10-14)11-18(4,5)20-15(21)13-7-8-13/h12-14H,6-11H2,1-5H3,(H,19,22)(H,20,21). The minimum Gasteiger partial charge on any atom is -0.351 e. The lowest BCUT2D eigenvalue weighted by Crippen LogP contribution is -2.51. The Balaban J connectivity index is 1.71. The van der Waals surface area contributed by atoms with Crippen LogP contribution in [-0.2, 0) is 9.59 Å². The Labute approximate surface area is 134 Å². The third kappa shape index (κ3) is 4.72. The summed E-state index contributed by atoms with van der Waals surface area (Å²) in [5, 5.41) is 6.31. The van der Waals surface area contributed by atoms with Crippen LogP contribution < -0.4 is 10.6 Å². The largest absolute Gasteiger partial charge is 0.351 e. The van der Waals surface area contributed by atoms with Crippen molar-refractivity contribution in [2.75, 3.05) is 0 Å². The maximum atomic E-state index is 12.2. The number of hydrogen-bond acceptors (Lipinski definition) is 2. The van der Waals surface area contributed by atoms with Gasteiger partial charge in [0.1, 0.15) is 0 Å². The van der Waals surface area contributed by atoms with Crippen LogP contribution in [0.25, 0.3) is 0 Å². The molecule has 0 bridgehead atoms. The molecule has 0 heterocycles. The van der Waals surface area contributed by atoms with Gasteiger partial charge >= 0.3 is 0 Å². The molecule has 2 fully saturated rings. The molecule has 2 N–H and O–H groups in total. The predicted molar refractivity (Wildman–Crippen MR) is 88.3 cm³/mol. The maximum Gasteiger partial charge on any atom is 0.223 e. The molecule has 0 aromatic rings. The van der Waals surface area contributed by atoms with Crippen molar-refractivity contribution in [3.63, 3.8) is 0 Å². The van der Waals surface area contributed by atoms with Crippen LogP contribution in [0.1, 0.15) is 73.1 Å². The van der Waals surface area contributed by atoms with Gasteiger partial charge in [0.2, 0.25) is 11.8 Å². The van der Waals surface area contributed by atoms with Gasteiger partial charge in [-0.3, -0.25) is 9.59 Å². The average molecular weight is 308 g/mol. The van der Waals surface area contributed by atoms with Gasteiger partial charge in [-0.05, 0) is 72.1 Å². The summed E-state index contributed by atoms with van der Waals surface area (Å²) < 4.78 is 0. The van der Waals surface area contributed by atoms with Crippen molar-refractivity contribution >= 4 is 11.8 Å². The second kappa shape index (κ2) is 6.21. The summed E-state index contributed by atoms with van der Waals surface area (Å²) >= 11 is 0. The molecule has 2 aliphatic carbocycles. The van der Waals surface area contributed by atoms with Crippen molar-refractivity contribution in [1.29, 1.82) is 0 Å². The van der Waals surface area contributed by atoms with Gasteiger partial charge in [0.25, 0.3) is 0 Å². The van der Waals surface area contributed by atoms with E-state index < -0.39 is 0 Å². The monoisotopic (exact) mass is 308 g/mol. The van der Waals surface area contributed by atoms with E-state index in [2.05, 4.69) is 45.3 Å². The van der Waals surface area contributed by atoms with Crippen molar-refractivity contribution in [1.82, 2.24) is 10.6 Å². The van der Waals surface area contributed by atoms with Crippen LogP contribution in [0.15, 0.2) is 0 Å². The highest BCUT2D eigenvalue weighted by molar-refractivity contribution is 5.81. The Morgan fingerprint density at radius 1 is 0.909 bits per heavy atom. The zero-order chi connectivity index (χ0) is 16.5. The molecule has 0 atom stereocenters. The molecule has 2 aliphatic rings. The highest BCUT2D eigenvalue weighted by atomic mass is 16.2. The van der Waals surface area contributed by atoms with Crippen LogP contribution in [0.2, 0.25) is 0 Å². The second-order valence-corrected chi connectivity index (χ2v) is 8.61. The second-order valence-electron chi connectivity index (χ2n) is 8.61. The molecular weight excluding hydrogens is 276 g/mol. The Hall–Kier alpha value is -1.06. The quantitative estimate of drug-likeness (QED) is 0.759. The highest BCUT2D eigenvalue weighted by Gasteiger charge is 2.40. The number of carbonyl (C=O) groups excluding carboxylic acids is 2. The highest BCUT2D eigenvalue weighted by Crippen LogP contribution is 2.39. The van der Waals surface area contributed by atoms with Crippen LogP contribution >= 0.6 is 0 Å². The van der Waals surface area contributed by atoms with E-state index >= 15 is 0 Å². The van der Waals surface area contributed by atoms with Crippen molar-refractivity contribution in [2.45, 2.75) is 84.2 Å². The van der Waals surface area contributed by atoms with Crippen molar-refractivity contribution in [2.24, 2.45) is 17.8 Å². The van der Waals surface area contributed by atoms with Gasteiger partial charge in [-0.25, -0.2) is 0 Å². The van der Waals surface area contributed by atoms with Crippen molar-refractivity contribution in [3.05, 3.63) is 0 Å². The van der Waals surface area contributed by atoms with Crippen LogP contribution in [-0.4, -0.2) is 22.9 Å². The average Bonchev–Trinajstić information content (AvgIpc) is 3.16. The predicted octanol–water partition coefficient (Wildman–Crippen LogP) is 3.01. The summed E-state index contributed by atoms with van der Waals surface area (Å²) in [5.41, 5.74) is -0.270. The maximum absolute atomic E-state index is 12.2. The van der Waals surface area contributed by atoms with E-state index in [0.29, 0.717) is 5.92 Å². The smallest absolute Gasteiger partial charge is 0.223 e. The fourth-order valence-corrected chi connectivity index (χ4v) is 3.19. The van der Waals surface area contributed by atoms with Gasteiger partial charge in [-0.2, -0.15) is 0 Å². The normalized spacial score (nSPS) is 25.3. The third-order valence-electron chi connectivity index (χ3n) is 5.16. The van der Waals surface area contributed by atoms with Gasteiger partial charge in [0.05, 0.1) is 0 Å². The van der Waals surface area contributed by atoms with E-state index in [9.17, 15) is 9.59 Å². The van der Waals surface area contributed by atoms with Gasteiger partial charge in [0.15, 0.2) is 0 Å². The van der Waals surface area contributed by atoms with E-state index in [1.165, 1.54) is 0 Å². The Morgan fingerprint density at radius 2 is 1.41 bits per heavy atom. The van der Waals surface area contributed by atoms with Gasteiger partial charge in [0, 0.05) is 22.9 Å². The van der Waals surface area contributed by atoms with E-state index in [1.54, 1.807) is 0 Å². The van der Waals surface area contributed by atoms with Gasteiger partial charge in [-0.1, -0.05) is 6.92 Å². The Bertz CT molecular complexity index is 432. The van der Waals surface area contributed by atoms with Crippen LogP contribution in [0.3, 0.4) is 0 Å². The number of hydrogen-bond donors (Lipinski definition) is 2. The summed E-state index contributed by atoms with van der Waals surface area (Å²) in [4.78, 5) is 24.1. The molecule has 22 heavy (non-hydrogen) atoms. The molecular formula is C18H32N2O2. The number of nitrogens with one attached hydrogen (secondary N) is 2. The van der Waals surface area contributed by atoms with Gasteiger partial charge in [-0.15, -0.1) is 0 Å². The Morgan fingerprint density at radius 3 is 1.91 bits per heavy atom.